The first kappa shape index (κ1) is 15.5. The number of fused-ring (bicyclic) bond motifs is 1. The smallest absolute Gasteiger partial charge is 0.338 e. The number of hydrogen-bond donors (Lipinski definition) is 1. The van der Waals surface area contributed by atoms with Crippen LogP contribution in [0.15, 0.2) is 30.9 Å². The average molecular weight is 342 g/mol. The highest BCUT2D eigenvalue weighted by molar-refractivity contribution is 6.31. The second-order valence-corrected chi connectivity index (χ2v) is 5.15. The van der Waals surface area contributed by atoms with Gasteiger partial charge in [0, 0.05) is 12.2 Å². The van der Waals surface area contributed by atoms with Crippen LogP contribution in [0.1, 0.15) is 12.5 Å². The molecule has 120 valence electrons. The maximum Gasteiger partial charge on any atom is 0.417 e. The summed E-state index contributed by atoms with van der Waals surface area (Å²) in [5, 5.41) is 2.48. The van der Waals surface area contributed by atoms with Crippen LogP contribution in [0.2, 0.25) is 5.02 Å². The van der Waals surface area contributed by atoms with Gasteiger partial charge in [0.15, 0.2) is 17.0 Å². The summed E-state index contributed by atoms with van der Waals surface area (Å²) in [4.78, 5) is 12.4. The third-order valence-electron chi connectivity index (χ3n) is 3.28. The Balaban J connectivity index is 2.01. The largest absolute Gasteiger partial charge is 0.417 e. The number of aryl methyl sites for hydroxylation is 1. The van der Waals surface area contributed by atoms with E-state index in [0.29, 0.717) is 23.5 Å². The Morgan fingerprint density at radius 3 is 2.70 bits per heavy atom. The molecule has 0 bridgehead atoms. The first-order valence-corrected chi connectivity index (χ1v) is 7.07. The van der Waals surface area contributed by atoms with Crippen LogP contribution in [0.5, 0.6) is 0 Å². The number of rotatable bonds is 3. The maximum absolute atomic E-state index is 12.9. The molecule has 0 fully saturated rings. The molecule has 0 saturated carbocycles. The highest BCUT2D eigenvalue weighted by atomic mass is 35.5. The van der Waals surface area contributed by atoms with Gasteiger partial charge in [-0.25, -0.2) is 15.0 Å². The van der Waals surface area contributed by atoms with E-state index < -0.39 is 11.7 Å². The van der Waals surface area contributed by atoms with Crippen molar-refractivity contribution in [2.24, 2.45) is 0 Å². The summed E-state index contributed by atoms with van der Waals surface area (Å²) < 4.78 is 40.6. The molecule has 2 aromatic heterocycles. The molecule has 0 unspecified atom stereocenters. The monoisotopic (exact) mass is 341 g/mol. The van der Waals surface area contributed by atoms with Crippen LogP contribution in [-0.4, -0.2) is 19.5 Å². The molecule has 0 aliphatic rings. The van der Waals surface area contributed by atoms with E-state index in [0.717, 1.165) is 6.07 Å². The lowest BCUT2D eigenvalue weighted by molar-refractivity contribution is -0.137. The van der Waals surface area contributed by atoms with Crippen LogP contribution in [-0.2, 0) is 12.7 Å². The van der Waals surface area contributed by atoms with Crippen LogP contribution >= 0.6 is 11.6 Å². The van der Waals surface area contributed by atoms with Crippen LogP contribution in [0.3, 0.4) is 0 Å². The highest BCUT2D eigenvalue weighted by Gasteiger charge is 2.33. The van der Waals surface area contributed by atoms with Crippen molar-refractivity contribution in [1.29, 1.82) is 0 Å². The predicted octanol–water partition coefficient (Wildman–Crippen LogP) is 4.26. The quantitative estimate of drug-likeness (QED) is 0.773. The van der Waals surface area contributed by atoms with Crippen molar-refractivity contribution in [3.63, 3.8) is 0 Å². The molecule has 0 radical (unpaired) electrons. The van der Waals surface area contributed by atoms with Crippen molar-refractivity contribution in [3.05, 3.63) is 41.4 Å². The van der Waals surface area contributed by atoms with E-state index in [4.69, 9.17) is 11.6 Å². The number of aromatic nitrogens is 4. The summed E-state index contributed by atoms with van der Waals surface area (Å²) >= 11 is 5.61. The number of benzene rings is 1. The summed E-state index contributed by atoms with van der Waals surface area (Å²) in [6, 6.07) is 3.57. The number of anilines is 2. The van der Waals surface area contributed by atoms with Crippen molar-refractivity contribution in [2.45, 2.75) is 19.6 Å². The van der Waals surface area contributed by atoms with E-state index >= 15 is 0 Å². The van der Waals surface area contributed by atoms with Gasteiger partial charge in [-0.3, -0.25) is 0 Å². The Kier molecular flexibility index (Phi) is 3.85. The maximum atomic E-state index is 12.9. The van der Waals surface area contributed by atoms with Crippen molar-refractivity contribution >= 4 is 34.3 Å². The molecule has 23 heavy (non-hydrogen) atoms. The zero-order chi connectivity index (χ0) is 16.6. The second kappa shape index (κ2) is 5.69. The van der Waals surface area contributed by atoms with Crippen molar-refractivity contribution in [3.8, 4) is 0 Å². The van der Waals surface area contributed by atoms with E-state index in [1.165, 1.54) is 18.5 Å². The van der Waals surface area contributed by atoms with E-state index in [9.17, 15) is 13.2 Å². The van der Waals surface area contributed by atoms with Gasteiger partial charge in [-0.1, -0.05) is 11.6 Å². The van der Waals surface area contributed by atoms with Gasteiger partial charge in [0.05, 0.1) is 16.9 Å². The SMILES string of the molecule is CCn1cnc2c(Nc3ccc(Cl)c(C(F)(F)F)c3)ncnc21. The Morgan fingerprint density at radius 1 is 1.22 bits per heavy atom. The number of alkyl halides is 3. The van der Waals surface area contributed by atoms with Crippen LogP contribution in [0.4, 0.5) is 24.7 Å². The molecular formula is C14H11ClF3N5. The molecule has 0 spiro atoms. The lowest BCUT2D eigenvalue weighted by atomic mass is 10.2. The average Bonchev–Trinajstić information content (AvgIpc) is 2.92. The Bertz CT molecular complexity index is 859. The molecule has 3 aromatic rings. The van der Waals surface area contributed by atoms with E-state index in [-0.39, 0.29) is 10.7 Å². The summed E-state index contributed by atoms with van der Waals surface area (Å²) in [6.07, 6.45) is -1.59. The van der Waals surface area contributed by atoms with Gasteiger partial charge >= 0.3 is 6.18 Å². The van der Waals surface area contributed by atoms with Crippen LogP contribution in [0, 0.1) is 0 Å². The van der Waals surface area contributed by atoms with Gasteiger partial charge < -0.3 is 9.88 Å². The highest BCUT2D eigenvalue weighted by Crippen LogP contribution is 2.36. The molecule has 9 heteroatoms. The lowest BCUT2D eigenvalue weighted by Crippen LogP contribution is -2.07. The van der Waals surface area contributed by atoms with Gasteiger partial charge in [0.2, 0.25) is 0 Å². The molecule has 2 heterocycles. The van der Waals surface area contributed by atoms with E-state index in [1.807, 2.05) is 11.5 Å². The summed E-state index contributed by atoms with van der Waals surface area (Å²) in [5.41, 5.74) is 0.397. The Morgan fingerprint density at radius 2 is 2.00 bits per heavy atom. The molecule has 0 saturated heterocycles. The number of imidazole rings is 1. The lowest BCUT2D eigenvalue weighted by Gasteiger charge is -2.12. The molecule has 1 N–H and O–H groups in total. The van der Waals surface area contributed by atoms with E-state index in [2.05, 4.69) is 20.3 Å². The van der Waals surface area contributed by atoms with Crippen molar-refractivity contribution < 1.29 is 13.2 Å². The van der Waals surface area contributed by atoms with Gasteiger partial charge in [0.25, 0.3) is 0 Å². The molecular weight excluding hydrogens is 331 g/mol. The van der Waals surface area contributed by atoms with Crippen molar-refractivity contribution in [1.82, 2.24) is 19.5 Å². The Labute approximate surface area is 134 Å². The molecule has 0 atom stereocenters. The number of nitrogens with zero attached hydrogens (tertiary/aromatic N) is 4. The molecule has 0 amide bonds. The fourth-order valence-electron chi connectivity index (χ4n) is 2.16. The second-order valence-electron chi connectivity index (χ2n) is 4.74. The van der Waals surface area contributed by atoms with Gasteiger partial charge in [-0.05, 0) is 25.1 Å². The van der Waals surface area contributed by atoms with Crippen LogP contribution < -0.4 is 5.32 Å². The zero-order valence-electron chi connectivity index (χ0n) is 11.9. The Hall–Kier alpha value is -2.35. The number of nitrogens with one attached hydrogen (secondary N) is 1. The number of hydrogen-bond acceptors (Lipinski definition) is 4. The molecule has 5 nitrogen and oxygen atoms in total. The fourth-order valence-corrected chi connectivity index (χ4v) is 2.39. The molecule has 0 aliphatic carbocycles. The number of halogens is 4. The molecule has 0 aliphatic heterocycles. The summed E-state index contributed by atoms with van der Waals surface area (Å²) in [7, 11) is 0. The third-order valence-corrected chi connectivity index (χ3v) is 3.61. The van der Waals surface area contributed by atoms with Crippen molar-refractivity contribution in [2.75, 3.05) is 5.32 Å². The minimum absolute atomic E-state index is 0.216. The van der Waals surface area contributed by atoms with E-state index in [1.54, 1.807) is 6.33 Å². The normalized spacial score (nSPS) is 11.9. The minimum atomic E-state index is -4.53. The predicted molar refractivity (Wildman–Crippen MR) is 80.7 cm³/mol. The fraction of sp³-hybridized carbons (Fsp3) is 0.214. The first-order valence-electron chi connectivity index (χ1n) is 6.69. The molecule has 3 rings (SSSR count). The summed E-state index contributed by atoms with van der Waals surface area (Å²) in [6.45, 7) is 2.61. The topological polar surface area (TPSA) is 55.6 Å². The van der Waals surface area contributed by atoms with Crippen LogP contribution in [0.25, 0.3) is 11.2 Å². The molecule has 1 aromatic carbocycles. The van der Waals surface area contributed by atoms with Gasteiger partial charge in [-0.15, -0.1) is 0 Å². The first-order chi connectivity index (χ1) is 10.9. The zero-order valence-corrected chi connectivity index (χ0v) is 12.7. The van der Waals surface area contributed by atoms with Gasteiger partial charge in [-0.2, -0.15) is 13.2 Å². The minimum Gasteiger partial charge on any atom is -0.338 e. The third kappa shape index (κ3) is 2.94. The standard InChI is InChI=1S/C14H11ClF3N5/c1-2-23-7-21-11-12(19-6-20-13(11)23)22-8-3-4-10(15)9(5-8)14(16,17)18/h3-7H,2H2,1H3,(H,19,20,22). The van der Waals surface area contributed by atoms with Gasteiger partial charge in [0.1, 0.15) is 6.33 Å². The summed E-state index contributed by atoms with van der Waals surface area (Å²) in [5.74, 6) is 0.331.